The normalized spacial score (nSPS) is 16.9. The first-order chi connectivity index (χ1) is 16.2. The Balaban J connectivity index is 1.50. The molecule has 0 saturated carbocycles. The van der Waals surface area contributed by atoms with Crippen molar-refractivity contribution >= 4 is 17.0 Å². The third-order valence-corrected chi connectivity index (χ3v) is 6.75. The summed E-state index contributed by atoms with van der Waals surface area (Å²) in [6.07, 6.45) is 3.47. The molecule has 5 nitrogen and oxygen atoms in total. The van der Waals surface area contributed by atoms with Gasteiger partial charge >= 0.3 is 6.09 Å². The third kappa shape index (κ3) is 5.25. The van der Waals surface area contributed by atoms with Crippen molar-refractivity contribution in [3.05, 3.63) is 66.4 Å². The van der Waals surface area contributed by atoms with Crippen molar-refractivity contribution < 1.29 is 14.3 Å². The summed E-state index contributed by atoms with van der Waals surface area (Å²) in [5.74, 6) is 0.319. The Kier molecular flexibility index (Phi) is 6.94. The number of benzene rings is 2. The second kappa shape index (κ2) is 9.75. The molecule has 1 fully saturated rings. The van der Waals surface area contributed by atoms with Crippen LogP contribution in [0.3, 0.4) is 0 Å². The van der Waals surface area contributed by atoms with Crippen LogP contribution in [-0.4, -0.2) is 41.3 Å². The van der Waals surface area contributed by atoms with Gasteiger partial charge in [0.15, 0.2) is 0 Å². The van der Waals surface area contributed by atoms with Crippen molar-refractivity contribution in [2.75, 3.05) is 19.7 Å². The highest BCUT2D eigenvalue weighted by Gasteiger charge is 2.40. The van der Waals surface area contributed by atoms with Gasteiger partial charge in [0.1, 0.15) is 5.60 Å². The van der Waals surface area contributed by atoms with E-state index in [0.717, 1.165) is 34.9 Å². The highest BCUT2D eigenvalue weighted by atomic mass is 16.6. The quantitative estimate of drug-likeness (QED) is 0.420. The number of para-hydroxylation sites is 1. The van der Waals surface area contributed by atoms with Crippen LogP contribution in [0.4, 0.5) is 4.79 Å². The van der Waals surface area contributed by atoms with Crippen LogP contribution in [0.5, 0.6) is 0 Å². The van der Waals surface area contributed by atoms with Crippen LogP contribution in [0.15, 0.2) is 60.8 Å². The molecule has 1 unspecified atom stereocenters. The van der Waals surface area contributed by atoms with Gasteiger partial charge in [-0.05, 0) is 76.6 Å². The fourth-order valence-electron chi connectivity index (χ4n) is 4.90. The van der Waals surface area contributed by atoms with E-state index in [1.54, 1.807) is 0 Å². The van der Waals surface area contributed by atoms with E-state index in [1.165, 1.54) is 5.56 Å². The maximum absolute atomic E-state index is 12.5. The van der Waals surface area contributed by atoms with Crippen molar-refractivity contribution in [1.82, 2.24) is 9.88 Å². The van der Waals surface area contributed by atoms with Crippen molar-refractivity contribution in [3.63, 3.8) is 0 Å². The minimum absolute atomic E-state index is 0.225. The third-order valence-electron chi connectivity index (χ3n) is 6.75. The number of rotatable bonds is 5. The molecule has 1 aromatic heterocycles. The fraction of sp³-hybridized carbons (Fsp3) is 0.448. The van der Waals surface area contributed by atoms with Crippen molar-refractivity contribution in [1.29, 1.82) is 0 Å². The van der Waals surface area contributed by atoms with Gasteiger partial charge in [-0.2, -0.15) is 0 Å². The first-order valence-electron chi connectivity index (χ1n) is 12.3. The maximum atomic E-state index is 12.5. The van der Waals surface area contributed by atoms with Crippen LogP contribution >= 0.6 is 0 Å². The summed E-state index contributed by atoms with van der Waals surface area (Å²) in [5.41, 5.74) is 3.53. The lowest BCUT2D eigenvalue weighted by atomic mass is 9.77. The molecular formula is C29H36N2O3. The molecule has 0 spiro atoms. The van der Waals surface area contributed by atoms with Crippen LogP contribution in [-0.2, 0) is 15.1 Å². The van der Waals surface area contributed by atoms with Crippen LogP contribution in [0, 0.1) is 5.92 Å². The maximum Gasteiger partial charge on any atom is 0.410 e. The number of carbonyl (C=O) groups is 1. The summed E-state index contributed by atoms with van der Waals surface area (Å²) in [6, 6.07) is 19.0. The Hall–Kier alpha value is -2.92. The fourth-order valence-corrected chi connectivity index (χ4v) is 4.90. The van der Waals surface area contributed by atoms with Crippen molar-refractivity contribution in [2.45, 2.75) is 58.7 Å². The Morgan fingerprint density at radius 3 is 2.32 bits per heavy atom. The van der Waals surface area contributed by atoms with Gasteiger partial charge in [-0.3, -0.25) is 4.98 Å². The molecule has 2 aromatic carbocycles. The molecule has 4 rings (SSSR count). The summed E-state index contributed by atoms with van der Waals surface area (Å²) in [6.45, 7) is 12.0. The van der Waals surface area contributed by atoms with Gasteiger partial charge in [0.25, 0.3) is 0 Å². The van der Waals surface area contributed by atoms with Crippen LogP contribution in [0.25, 0.3) is 22.0 Å². The average molecular weight is 461 g/mol. The number of piperidine rings is 1. The van der Waals surface area contributed by atoms with Crippen LogP contribution < -0.4 is 0 Å². The molecule has 180 valence electrons. The lowest BCUT2D eigenvalue weighted by Gasteiger charge is -2.43. The molecule has 1 aliphatic heterocycles. The topological polar surface area (TPSA) is 51.7 Å². The minimum atomic E-state index is -0.476. The van der Waals surface area contributed by atoms with Crippen LogP contribution in [0.2, 0.25) is 0 Å². The molecule has 5 heteroatoms. The predicted octanol–water partition coefficient (Wildman–Crippen LogP) is 6.80. The molecule has 1 saturated heterocycles. The molecule has 1 aliphatic rings. The summed E-state index contributed by atoms with van der Waals surface area (Å²) in [5, 5.41) is 1.14. The zero-order valence-corrected chi connectivity index (χ0v) is 21.0. The number of pyridine rings is 1. The van der Waals surface area contributed by atoms with E-state index in [0.29, 0.717) is 25.6 Å². The average Bonchev–Trinajstić information content (AvgIpc) is 2.83. The summed E-state index contributed by atoms with van der Waals surface area (Å²) < 4.78 is 12.0. The Morgan fingerprint density at radius 2 is 1.68 bits per heavy atom. The SMILES string of the molecule is CCOC(C)(c1ccc(-c2cnc3ccccc3c2)cc1)C1CCN(C(=O)OC(C)(C)C)CC1. The van der Waals surface area contributed by atoms with Crippen molar-refractivity contribution in [3.8, 4) is 11.1 Å². The van der Waals surface area contributed by atoms with E-state index in [2.05, 4.69) is 48.3 Å². The van der Waals surface area contributed by atoms with E-state index in [9.17, 15) is 4.79 Å². The monoisotopic (exact) mass is 460 g/mol. The second-order valence-electron chi connectivity index (χ2n) is 10.3. The predicted molar refractivity (Wildman–Crippen MR) is 137 cm³/mol. The molecule has 1 amide bonds. The summed E-state index contributed by atoms with van der Waals surface area (Å²) in [7, 11) is 0. The molecule has 34 heavy (non-hydrogen) atoms. The lowest BCUT2D eigenvalue weighted by molar-refractivity contribution is -0.0909. The molecular weight excluding hydrogens is 424 g/mol. The Bertz CT molecular complexity index is 1130. The standard InChI is InChI=1S/C29H36N2O3/c1-6-33-29(5,25-15-17-31(18-16-25)27(32)34-28(2,3)4)24-13-11-21(12-14-24)23-19-22-9-7-8-10-26(22)30-20-23/h7-14,19-20,25H,6,15-18H2,1-5H3. The second-order valence-corrected chi connectivity index (χ2v) is 10.3. The molecule has 1 atom stereocenters. The van der Waals surface area contributed by atoms with Gasteiger partial charge in [-0.1, -0.05) is 42.5 Å². The van der Waals surface area contributed by atoms with Gasteiger partial charge in [0.05, 0.1) is 11.1 Å². The number of ether oxygens (including phenoxy) is 2. The highest BCUT2D eigenvalue weighted by Crippen LogP contribution is 2.40. The minimum Gasteiger partial charge on any atom is -0.444 e. The highest BCUT2D eigenvalue weighted by molar-refractivity contribution is 5.83. The molecule has 0 radical (unpaired) electrons. The molecule has 3 aromatic rings. The lowest BCUT2D eigenvalue weighted by Crippen LogP contribution is -2.46. The number of fused-ring (bicyclic) bond motifs is 1. The number of nitrogens with zero attached hydrogens (tertiary/aromatic N) is 2. The van der Waals surface area contributed by atoms with E-state index in [4.69, 9.17) is 9.47 Å². The number of hydrogen-bond acceptors (Lipinski definition) is 4. The van der Waals surface area contributed by atoms with Gasteiger partial charge in [0, 0.05) is 36.8 Å². The first-order valence-corrected chi connectivity index (χ1v) is 12.3. The van der Waals surface area contributed by atoms with Gasteiger partial charge < -0.3 is 14.4 Å². The number of amides is 1. The first kappa shape index (κ1) is 24.2. The number of aromatic nitrogens is 1. The van der Waals surface area contributed by atoms with E-state index < -0.39 is 11.2 Å². The zero-order valence-electron chi connectivity index (χ0n) is 21.0. The van der Waals surface area contributed by atoms with E-state index >= 15 is 0 Å². The number of carbonyl (C=O) groups excluding carboxylic acids is 1. The molecule has 2 heterocycles. The molecule has 0 bridgehead atoms. The van der Waals surface area contributed by atoms with Gasteiger partial charge in [-0.25, -0.2) is 4.79 Å². The number of likely N-dealkylation sites (tertiary alicyclic amines) is 1. The Labute approximate surface area is 203 Å². The summed E-state index contributed by atoms with van der Waals surface area (Å²) >= 11 is 0. The van der Waals surface area contributed by atoms with Crippen LogP contribution in [0.1, 0.15) is 53.0 Å². The van der Waals surface area contributed by atoms with Gasteiger partial charge in [0.2, 0.25) is 0 Å². The van der Waals surface area contributed by atoms with E-state index in [-0.39, 0.29) is 6.09 Å². The van der Waals surface area contributed by atoms with Crippen molar-refractivity contribution in [2.24, 2.45) is 5.92 Å². The molecule has 0 aliphatic carbocycles. The summed E-state index contributed by atoms with van der Waals surface area (Å²) in [4.78, 5) is 18.9. The number of hydrogen-bond donors (Lipinski definition) is 0. The largest absolute Gasteiger partial charge is 0.444 e. The zero-order chi connectivity index (χ0) is 24.3. The molecule has 0 N–H and O–H groups in total. The Morgan fingerprint density at radius 1 is 1.00 bits per heavy atom. The van der Waals surface area contributed by atoms with E-state index in [1.807, 2.05) is 57.0 Å². The van der Waals surface area contributed by atoms with Gasteiger partial charge in [-0.15, -0.1) is 0 Å². The smallest absolute Gasteiger partial charge is 0.410 e.